The van der Waals surface area contributed by atoms with Gasteiger partial charge in [-0.15, -0.1) is 0 Å². The van der Waals surface area contributed by atoms with Gasteiger partial charge in [0.05, 0.1) is 6.04 Å². The number of rotatable bonds is 2. The fourth-order valence-electron chi connectivity index (χ4n) is 2.93. The SMILES string of the molecule is c1ccc(NC(=NC2CCCC2)N2CCNCC2)cc1. The second-order valence-corrected chi connectivity index (χ2v) is 5.62. The molecule has 0 aromatic heterocycles. The van der Waals surface area contributed by atoms with Crippen molar-refractivity contribution in [1.82, 2.24) is 10.2 Å². The molecule has 108 valence electrons. The molecule has 0 spiro atoms. The zero-order valence-electron chi connectivity index (χ0n) is 12.0. The highest BCUT2D eigenvalue weighted by atomic mass is 15.3. The van der Waals surface area contributed by atoms with E-state index in [9.17, 15) is 0 Å². The summed E-state index contributed by atoms with van der Waals surface area (Å²) in [5.74, 6) is 1.06. The van der Waals surface area contributed by atoms with Crippen molar-refractivity contribution < 1.29 is 0 Å². The summed E-state index contributed by atoms with van der Waals surface area (Å²) in [6.45, 7) is 4.15. The summed E-state index contributed by atoms with van der Waals surface area (Å²) >= 11 is 0. The predicted octanol–water partition coefficient (Wildman–Crippen LogP) is 2.30. The van der Waals surface area contributed by atoms with Crippen LogP contribution in [0.5, 0.6) is 0 Å². The topological polar surface area (TPSA) is 39.7 Å². The monoisotopic (exact) mass is 272 g/mol. The first kappa shape index (κ1) is 13.4. The zero-order chi connectivity index (χ0) is 13.6. The van der Waals surface area contributed by atoms with Crippen LogP contribution in [0.2, 0.25) is 0 Å². The lowest BCUT2D eigenvalue weighted by Gasteiger charge is -2.31. The molecule has 0 unspecified atom stereocenters. The molecule has 2 fully saturated rings. The van der Waals surface area contributed by atoms with Gasteiger partial charge in [-0.2, -0.15) is 0 Å². The van der Waals surface area contributed by atoms with Crippen molar-refractivity contribution in [2.45, 2.75) is 31.7 Å². The molecule has 1 aromatic carbocycles. The van der Waals surface area contributed by atoms with E-state index in [0.29, 0.717) is 6.04 Å². The van der Waals surface area contributed by atoms with Crippen molar-refractivity contribution in [3.8, 4) is 0 Å². The number of aliphatic imine (C=N–C) groups is 1. The Balaban J connectivity index is 1.75. The molecule has 2 N–H and O–H groups in total. The standard InChI is InChI=1S/C16H24N4/c1-2-6-14(7-3-1)18-16(19-15-8-4-5-9-15)20-12-10-17-11-13-20/h1-3,6-7,15,17H,4-5,8-13H2,(H,18,19). The van der Waals surface area contributed by atoms with Crippen LogP contribution >= 0.6 is 0 Å². The molecule has 3 rings (SSSR count). The van der Waals surface area contributed by atoms with E-state index >= 15 is 0 Å². The number of guanidine groups is 1. The van der Waals surface area contributed by atoms with Crippen LogP contribution in [0.3, 0.4) is 0 Å². The van der Waals surface area contributed by atoms with Crippen molar-refractivity contribution in [2.24, 2.45) is 4.99 Å². The Morgan fingerprint density at radius 3 is 2.50 bits per heavy atom. The molecule has 4 heteroatoms. The van der Waals surface area contributed by atoms with Crippen molar-refractivity contribution in [3.05, 3.63) is 30.3 Å². The maximum Gasteiger partial charge on any atom is 0.198 e. The molecular formula is C16H24N4. The average molecular weight is 272 g/mol. The molecule has 2 aliphatic rings. The van der Waals surface area contributed by atoms with Crippen molar-refractivity contribution in [1.29, 1.82) is 0 Å². The second kappa shape index (κ2) is 6.75. The Kier molecular flexibility index (Phi) is 4.53. The number of nitrogens with zero attached hydrogens (tertiary/aromatic N) is 2. The summed E-state index contributed by atoms with van der Waals surface area (Å²) in [5, 5.41) is 6.93. The molecule has 1 heterocycles. The van der Waals surface area contributed by atoms with Gasteiger partial charge in [0.1, 0.15) is 0 Å². The van der Waals surface area contributed by atoms with Gasteiger partial charge in [0.25, 0.3) is 0 Å². The lowest BCUT2D eigenvalue weighted by Crippen LogP contribution is -2.49. The van der Waals surface area contributed by atoms with Gasteiger partial charge in [0.15, 0.2) is 5.96 Å². The lowest BCUT2D eigenvalue weighted by atomic mass is 10.2. The van der Waals surface area contributed by atoms with Crippen LogP contribution in [0.1, 0.15) is 25.7 Å². The molecule has 1 aromatic rings. The third kappa shape index (κ3) is 3.51. The Labute approximate surface area is 121 Å². The molecule has 0 atom stereocenters. The predicted molar refractivity (Wildman–Crippen MR) is 84.2 cm³/mol. The smallest absolute Gasteiger partial charge is 0.198 e. The zero-order valence-corrected chi connectivity index (χ0v) is 12.0. The van der Waals surface area contributed by atoms with Gasteiger partial charge in [-0.25, -0.2) is 4.99 Å². The van der Waals surface area contributed by atoms with E-state index in [2.05, 4.69) is 39.8 Å². The van der Waals surface area contributed by atoms with Gasteiger partial charge in [-0.3, -0.25) is 0 Å². The minimum atomic E-state index is 0.510. The highest BCUT2D eigenvalue weighted by molar-refractivity contribution is 5.93. The van der Waals surface area contributed by atoms with E-state index in [0.717, 1.165) is 37.8 Å². The molecule has 0 bridgehead atoms. The van der Waals surface area contributed by atoms with Crippen LogP contribution < -0.4 is 10.6 Å². The van der Waals surface area contributed by atoms with E-state index in [4.69, 9.17) is 4.99 Å². The van der Waals surface area contributed by atoms with Crippen LogP contribution in [-0.2, 0) is 0 Å². The van der Waals surface area contributed by atoms with Crippen LogP contribution in [0, 0.1) is 0 Å². The maximum atomic E-state index is 5.00. The molecular weight excluding hydrogens is 248 g/mol. The molecule has 1 saturated carbocycles. The third-order valence-corrected chi connectivity index (χ3v) is 4.08. The van der Waals surface area contributed by atoms with E-state index in [1.54, 1.807) is 0 Å². The van der Waals surface area contributed by atoms with E-state index in [1.807, 2.05) is 6.07 Å². The molecule has 1 aliphatic carbocycles. The van der Waals surface area contributed by atoms with E-state index in [1.165, 1.54) is 25.7 Å². The van der Waals surface area contributed by atoms with Crippen LogP contribution in [-0.4, -0.2) is 43.1 Å². The summed E-state index contributed by atoms with van der Waals surface area (Å²) < 4.78 is 0. The van der Waals surface area contributed by atoms with Gasteiger partial charge >= 0.3 is 0 Å². The number of hydrogen-bond donors (Lipinski definition) is 2. The molecule has 0 amide bonds. The van der Waals surface area contributed by atoms with Gasteiger partial charge < -0.3 is 15.5 Å². The van der Waals surface area contributed by atoms with Crippen LogP contribution in [0.25, 0.3) is 0 Å². The van der Waals surface area contributed by atoms with Gasteiger partial charge in [0, 0.05) is 31.9 Å². The maximum absolute atomic E-state index is 5.00. The normalized spacial score (nSPS) is 21.2. The highest BCUT2D eigenvalue weighted by Gasteiger charge is 2.19. The summed E-state index contributed by atoms with van der Waals surface area (Å²) in [7, 11) is 0. The van der Waals surface area contributed by atoms with Gasteiger partial charge in [-0.1, -0.05) is 31.0 Å². The number of piperazine rings is 1. The molecule has 4 nitrogen and oxygen atoms in total. The van der Waals surface area contributed by atoms with E-state index < -0.39 is 0 Å². The second-order valence-electron chi connectivity index (χ2n) is 5.62. The lowest BCUT2D eigenvalue weighted by molar-refractivity contribution is 0.354. The fourth-order valence-corrected chi connectivity index (χ4v) is 2.93. The minimum Gasteiger partial charge on any atom is -0.340 e. The van der Waals surface area contributed by atoms with E-state index in [-0.39, 0.29) is 0 Å². The molecule has 0 radical (unpaired) electrons. The average Bonchev–Trinajstić information content (AvgIpc) is 3.02. The quantitative estimate of drug-likeness (QED) is 0.641. The first-order chi connectivity index (χ1) is 9.92. The van der Waals surface area contributed by atoms with Crippen LogP contribution in [0.4, 0.5) is 5.69 Å². The Morgan fingerprint density at radius 1 is 1.10 bits per heavy atom. The Hall–Kier alpha value is -1.55. The number of hydrogen-bond acceptors (Lipinski definition) is 2. The first-order valence-corrected chi connectivity index (χ1v) is 7.77. The summed E-state index contributed by atoms with van der Waals surface area (Å²) in [6.07, 6.45) is 5.14. The summed E-state index contributed by atoms with van der Waals surface area (Å²) in [5.41, 5.74) is 1.13. The minimum absolute atomic E-state index is 0.510. The van der Waals surface area contributed by atoms with Crippen molar-refractivity contribution >= 4 is 11.6 Å². The van der Waals surface area contributed by atoms with Crippen molar-refractivity contribution in [2.75, 3.05) is 31.5 Å². The summed E-state index contributed by atoms with van der Waals surface area (Å²) in [6, 6.07) is 10.9. The van der Waals surface area contributed by atoms with Crippen LogP contribution in [0.15, 0.2) is 35.3 Å². The largest absolute Gasteiger partial charge is 0.340 e. The fraction of sp³-hybridized carbons (Fsp3) is 0.562. The molecule has 1 aliphatic heterocycles. The number of benzene rings is 1. The van der Waals surface area contributed by atoms with Gasteiger partial charge in [-0.05, 0) is 25.0 Å². The first-order valence-electron chi connectivity index (χ1n) is 7.77. The molecule has 20 heavy (non-hydrogen) atoms. The third-order valence-electron chi connectivity index (χ3n) is 4.08. The Morgan fingerprint density at radius 2 is 1.80 bits per heavy atom. The van der Waals surface area contributed by atoms with Gasteiger partial charge in [0.2, 0.25) is 0 Å². The Bertz CT molecular complexity index is 431. The highest BCUT2D eigenvalue weighted by Crippen LogP contribution is 2.21. The number of para-hydroxylation sites is 1. The summed E-state index contributed by atoms with van der Waals surface area (Å²) in [4.78, 5) is 7.37. The molecule has 1 saturated heterocycles. The van der Waals surface area contributed by atoms with Crippen molar-refractivity contribution in [3.63, 3.8) is 0 Å². The number of nitrogens with one attached hydrogen (secondary N) is 2. The number of anilines is 1.